The van der Waals surface area contributed by atoms with Gasteiger partial charge in [0, 0.05) is 6.54 Å². The summed E-state index contributed by atoms with van der Waals surface area (Å²) in [5, 5.41) is 8.07. The average Bonchev–Trinajstić information content (AvgIpc) is 3.29. The topological polar surface area (TPSA) is 55.3 Å². The first kappa shape index (κ1) is 14.1. The third-order valence-corrected chi connectivity index (χ3v) is 4.15. The molecule has 3 heterocycles. The molecule has 1 aliphatic rings. The molecule has 0 amide bonds. The van der Waals surface area contributed by atoms with Crippen LogP contribution in [0.1, 0.15) is 23.8 Å². The quantitative estimate of drug-likeness (QED) is 0.738. The lowest BCUT2D eigenvalue weighted by Crippen LogP contribution is -2.20. The Kier molecular flexibility index (Phi) is 3.67. The molecule has 0 bridgehead atoms. The van der Waals surface area contributed by atoms with Crippen molar-refractivity contribution in [2.24, 2.45) is 0 Å². The number of benzene rings is 1. The Morgan fingerprint density at radius 1 is 1.22 bits per heavy atom. The Balaban J connectivity index is 1.41. The van der Waals surface area contributed by atoms with Crippen LogP contribution < -0.4 is 0 Å². The van der Waals surface area contributed by atoms with E-state index in [0.29, 0.717) is 30.0 Å². The number of hydrogen-bond acceptors (Lipinski definition) is 5. The molecule has 6 heteroatoms. The van der Waals surface area contributed by atoms with E-state index in [4.69, 9.17) is 8.83 Å². The molecule has 1 unspecified atom stereocenters. The maximum Gasteiger partial charge on any atom is 0.283 e. The van der Waals surface area contributed by atoms with E-state index in [1.807, 2.05) is 6.07 Å². The molecule has 0 N–H and O–H groups in total. The minimum absolute atomic E-state index is 0.180. The second-order valence-electron chi connectivity index (χ2n) is 5.75. The monoisotopic (exact) mass is 313 g/mol. The number of halogens is 1. The highest BCUT2D eigenvalue weighted by molar-refractivity contribution is 5.42. The van der Waals surface area contributed by atoms with Crippen molar-refractivity contribution in [2.45, 2.75) is 18.9 Å². The smallest absolute Gasteiger partial charge is 0.283 e. The molecule has 1 fully saturated rings. The lowest BCUT2D eigenvalue weighted by molar-refractivity contribution is 0.288. The Labute approximate surface area is 132 Å². The van der Waals surface area contributed by atoms with Crippen LogP contribution in [0.15, 0.2) is 51.5 Å². The Morgan fingerprint density at radius 2 is 2.17 bits per heavy atom. The van der Waals surface area contributed by atoms with Gasteiger partial charge in [-0.3, -0.25) is 4.90 Å². The highest BCUT2D eigenvalue weighted by Gasteiger charge is 2.25. The Morgan fingerprint density at radius 3 is 3.00 bits per heavy atom. The standard InChI is InChI=1S/C17H16FN3O2/c18-14-4-1-3-12(9-14)13-6-7-21(10-13)11-16-19-20-17(23-16)15-5-2-8-22-15/h1-5,8-9,13H,6-7,10-11H2. The summed E-state index contributed by atoms with van der Waals surface area (Å²) in [6.07, 6.45) is 2.58. The lowest BCUT2D eigenvalue weighted by Gasteiger charge is -2.13. The zero-order chi connectivity index (χ0) is 15.6. The number of aromatic nitrogens is 2. The fourth-order valence-electron chi connectivity index (χ4n) is 3.02. The van der Waals surface area contributed by atoms with Gasteiger partial charge in [0.25, 0.3) is 5.89 Å². The fraction of sp³-hybridized carbons (Fsp3) is 0.294. The third kappa shape index (κ3) is 3.03. The van der Waals surface area contributed by atoms with Gasteiger partial charge >= 0.3 is 0 Å². The molecule has 2 aromatic heterocycles. The van der Waals surface area contributed by atoms with E-state index in [2.05, 4.69) is 15.1 Å². The van der Waals surface area contributed by atoms with E-state index in [-0.39, 0.29) is 5.82 Å². The van der Waals surface area contributed by atoms with E-state index < -0.39 is 0 Å². The fourth-order valence-corrected chi connectivity index (χ4v) is 3.02. The van der Waals surface area contributed by atoms with Crippen LogP contribution >= 0.6 is 0 Å². The van der Waals surface area contributed by atoms with Gasteiger partial charge in [-0.05, 0) is 48.7 Å². The van der Waals surface area contributed by atoms with E-state index in [0.717, 1.165) is 25.1 Å². The van der Waals surface area contributed by atoms with Crippen LogP contribution in [0.3, 0.4) is 0 Å². The minimum atomic E-state index is -0.180. The molecule has 1 saturated heterocycles. The van der Waals surface area contributed by atoms with Crippen molar-refractivity contribution in [2.75, 3.05) is 13.1 Å². The van der Waals surface area contributed by atoms with Gasteiger partial charge in [-0.2, -0.15) is 0 Å². The summed E-state index contributed by atoms with van der Waals surface area (Å²) >= 11 is 0. The number of nitrogens with zero attached hydrogens (tertiary/aromatic N) is 3. The van der Waals surface area contributed by atoms with Gasteiger partial charge in [0.2, 0.25) is 5.89 Å². The summed E-state index contributed by atoms with van der Waals surface area (Å²) in [4.78, 5) is 2.25. The number of hydrogen-bond donors (Lipinski definition) is 0. The minimum Gasteiger partial charge on any atom is -0.459 e. The predicted molar refractivity (Wildman–Crippen MR) is 81.0 cm³/mol. The maximum absolute atomic E-state index is 13.3. The van der Waals surface area contributed by atoms with E-state index >= 15 is 0 Å². The molecule has 1 aliphatic heterocycles. The summed E-state index contributed by atoms with van der Waals surface area (Å²) in [5.41, 5.74) is 1.05. The van der Waals surface area contributed by atoms with E-state index in [1.54, 1.807) is 30.5 Å². The highest BCUT2D eigenvalue weighted by atomic mass is 19.1. The largest absolute Gasteiger partial charge is 0.459 e. The van der Waals surface area contributed by atoms with Crippen LogP contribution in [0.2, 0.25) is 0 Å². The van der Waals surface area contributed by atoms with E-state index in [9.17, 15) is 4.39 Å². The summed E-state index contributed by atoms with van der Waals surface area (Å²) < 4.78 is 24.2. The molecule has 1 aromatic carbocycles. The van der Waals surface area contributed by atoms with Gasteiger partial charge in [-0.15, -0.1) is 10.2 Å². The van der Waals surface area contributed by atoms with Crippen LogP contribution in [0.5, 0.6) is 0 Å². The second kappa shape index (κ2) is 5.96. The normalized spacial score (nSPS) is 18.6. The average molecular weight is 313 g/mol. The first-order valence-electron chi connectivity index (χ1n) is 7.62. The van der Waals surface area contributed by atoms with Gasteiger partial charge < -0.3 is 8.83 Å². The van der Waals surface area contributed by atoms with Gasteiger partial charge in [0.1, 0.15) is 5.82 Å². The molecule has 4 rings (SSSR count). The zero-order valence-corrected chi connectivity index (χ0v) is 12.5. The van der Waals surface area contributed by atoms with Crippen LogP contribution in [0.25, 0.3) is 11.7 Å². The van der Waals surface area contributed by atoms with Crippen molar-refractivity contribution < 1.29 is 13.2 Å². The molecular weight excluding hydrogens is 297 g/mol. The third-order valence-electron chi connectivity index (χ3n) is 4.15. The van der Waals surface area contributed by atoms with Crippen molar-refractivity contribution in [1.82, 2.24) is 15.1 Å². The maximum atomic E-state index is 13.3. The molecule has 0 saturated carbocycles. The number of furan rings is 1. The van der Waals surface area contributed by atoms with E-state index in [1.165, 1.54) is 6.07 Å². The first-order chi connectivity index (χ1) is 11.3. The predicted octanol–water partition coefficient (Wildman–Crippen LogP) is 3.46. The molecule has 118 valence electrons. The van der Waals surface area contributed by atoms with Crippen molar-refractivity contribution in [1.29, 1.82) is 0 Å². The molecule has 23 heavy (non-hydrogen) atoms. The molecule has 5 nitrogen and oxygen atoms in total. The van der Waals surface area contributed by atoms with Crippen LogP contribution in [0.4, 0.5) is 4.39 Å². The summed E-state index contributed by atoms with van der Waals surface area (Å²) in [6, 6.07) is 10.4. The zero-order valence-electron chi connectivity index (χ0n) is 12.5. The van der Waals surface area contributed by atoms with Crippen LogP contribution in [-0.4, -0.2) is 28.2 Å². The summed E-state index contributed by atoms with van der Waals surface area (Å²) in [5.74, 6) is 1.70. The number of likely N-dealkylation sites (tertiary alicyclic amines) is 1. The summed E-state index contributed by atoms with van der Waals surface area (Å²) in [6.45, 7) is 2.39. The van der Waals surface area contributed by atoms with Crippen molar-refractivity contribution in [3.63, 3.8) is 0 Å². The summed E-state index contributed by atoms with van der Waals surface area (Å²) in [7, 11) is 0. The molecule has 0 spiro atoms. The SMILES string of the molecule is Fc1cccc(C2CCN(Cc3nnc(-c4ccco4)o3)C2)c1. The number of rotatable bonds is 4. The van der Waals surface area contributed by atoms with Crippen molar-refractivity contribution in [3.8, 4) is 11.7 Å². The molecular formula is C17H16FN3O2. The molecule has 0 aliphatic carbocycles. The van der Waals surface area contributed by atoms with Gasteiger partial charge in [-0.1, -0.05) is 12.1 Å². The Bertz CT molecular complexity index is 785. The van der Waals surface area contributed by atoms with Crippen molar-refractivity contribution >= 4 is 0 Å². The second-order valence-corrected chi connectivity index (χ2v) is 5.75. The molecule has 0 radical (unpaired) electrons. The van der Waals surface area contributed by atoms with Gasteiger partial charge in [0.05, 0.1) is 12.8 Å². The highest BCUT2D eigenvalue weighted by Crippen LogP contribution is 2.28. The van der Waals surface area contributed by atoms with Crippen molar-refractivity contribution in [3.05, 3.63) is 59.9 Å². The Hall–Kier alpha value is -2.47. The molecule has 3 aromatic rings. The van der Waals surface area contributed by atoms with Crippen LogP contribution in [-0.2, 0) is 6.54 Å². The lowest BCUT2D eigenvalue weighted by atomic mass is 9.98. The van der Waals surface area contributed by atoms with Gasteiger partial charge in [0.15, 0.2) is 5.76 Å². The van der Waals surface area contributed by atoms with Gasteiger partial charge in [-0.25, -0.2) is 4.39 Å². The van der Waals surface area contributed by atoms with Crippen LogP contribution in [0, 0.1) is 5.82 Å². The molecule has 1 atom stereocenters. The first-order valence-corrected chi connectivity index (χ1v) is 7.62.